The summed E-state index contributed by atoms with van der Waals surface area (Å²) in [6.07, 6.45) is 3.74. The van der Waals surface area contributed by atoms with Crippen LogP contribution in [-0.2, 0) is 16.6 Å². The number of hydrogen-bond acceptors (Lipinski definition) is 7. The molecule has 44 heavy (non-hydrogen) atoms. The Morgan fingerprint density at radius 3 is 2.36 bits per heavy atom. The number of nitrogens with one attached hydrogen (secondary N) is 2. The summed E-state index contributed by atoms with van der Waals surface area (Å²) in [6, 6.07) is 27.4. The van der Waals surface area contributed by atoms with Gasteiger partial charge >= 0.3 is 0 Å². The lowest BCUT2D eigenvalue weighted by Gasteiger charge is -2.26. The van der Waals surface area contributed by atoms with Gasteiger partial charge < -0.3 is 10.1 Å². The maximum absolute atomic E-state index is 13.2. The predicted molar refractivity (Wildman–Crippen MR) is 171 cm³/mol. The number of sulfonamides is 1. The molecule has 1 saturated heterocycles. The van der Waals surface area contributed by atoms with Crippen LogP contribution in [0.4, 0.5) is 17.1 Å². The fourth-order valence-corrected chi connectivity index (χ4v) is 6.79. The summed E-state index contributed by atoms with van der Waals surface area (Å²) >= 11 is 0. The molecule has 6 rings (SSSR count). The maximum atomic E-state index is 13.2. The molecule has 0 amide bonds. The van der Waals surface area contributed by atoms with Gasteiger partial charge in [0.05, 0.1) is 21.9 Å². The number of aromatic amines is 1. The monoisotopic (exact) mass is 609 g/mol. The number of para-hydroxylation sites is 1. The van der Waals surface area contributed by atoms with Crippen molar-refractivity contribution in [3.63, 3.8) is 0 Å². The van der Waals surface area contributed by atoms with E-state index in [9.17, 15) is 23.6 Å². The summed E-state index contributed by atoms with van der Waals surface area (Å²) in [7, 11) is -4.30. The van der Waals surface area contributed by atoms with Crippen molar-refractivity contribution < 1.29 is 18.4 Å². The molecule has 0 spiro atoms. The Morgan fingerprint density at radius 2 is 1.64 bits per heavy atom. The second kappa shape index (κ2) is 12.3. The van der Waals surface area contributed by atoms with Gasteiger partial charge in [-0.3, -0.25) is 19.7 Å². The normalized spacial score (nSPS) is 14.5. The van der Waals surface area contributed by atoms with E-state index in [4.69, 9.17) is 4.99 Å². The van der Waals surface area contributed by atoms with Crippen molar-refractivity contribution >= 4 is 43.7 Å². The Labute approximate surface area is 254 Å². The van der Waals surface area contributed by atoms with Gasteiger partial charge in [0.2, 0.25) is 0 Å². The van der Waals surface area contributed by atoms with E-state index in [-0.39, 0.29) is 11.6 Å². The van der Waals surface area contributed by atoms with E-state index in [1.54, 1.807) is 12.1 Å². The van der Waals surface area contributed by atoms with E-state index >= 15 is 0 Å². The number of nitro groups is 1. The van der Waals surface area contributed by atoms with E-state index < -0.39 is 25.5 Å². The van der Waals surface area contributed by atoms with Crippen molar-refractivity contribution in [2.24, 2.45) is 4.99 Å². The number of anilines is 1. The predicted octanol–water partition coefficient (Wildman–Crippen LogP) is 6.74. The second-order valence-corrected chi connectivity index (χ2v) is 12.4. The average molecular weight is 610 g/mol. The van der Waals surface area contributed by atoms with E-state index in [1.165, 1.54) is 49.1 Å². The molecule has 0 atom stereocenters. The summed E-state index contributed by atoms with van der Waals surface area (Å²) in [6.45, 7) is 3.11. The van der Waals surface area contributed by atoms with Crippen LogP contribution in [0.5, 0.6) is 5.88 Å². The van der Waals surface area contributed by atoms with Gasteiger partial charge in [-0.25, -0.2) is 13.4 Å². The van der Waals surface area contributed by atoms with Crippen LogP contribution >= 0.6 is 0 Å². The van der Waals surface area contributed by atoms with Gasteiger partial charge in [0, 0.05) is 34.8 Å². The maximum Gasteiger partial charge on any atom is 0.289 e. The first-order valence-electron chi connectivity index (χ1n) is 14.4. The van der Waals surface area contributed by atoms with Crippen molar-refractivity contribution in [2.45, 2.75) is 30.7 Å². The first kappa shape index (κ1) is 29.1. The van der Waals surface area contributed by atoms with Crippen LogP contribution in [0.25, 0.3) is 10.9 Å². The van der Waals surface area contributed by atoms with Crippen LogP contribution in [0.3, 0.4) is 0 Å². The number of nitro benzene ring substituents is 1. The van der Waals surface area contributed by atoms with Gasteiger partial charge in [0.15, 0.2) is 10.8 Å². The summed E-state index contributed by atoms with van der Waals surface area (Å²) in [5, 5.41) is 23.1. The van der Waals surface area contributed by atoms with Gasteiger partial charge in [-0.1, -0.05) is 61.0 Å². The molecule has 4 aromatic carbocycles. The first-order valence-corrected chi connectivity index (χ1v) is 15.8. The molecule has 10 nitrogen and oxygen atoms in total. The molecule has 0 unspecified atom stereocenters. The van der Waals surface area contributed by atoms with E-state index in [0.717, 1.165) is 31.3 Å². The van der Waals surface area contributed by atoms with Gasteiger partial charge in [0.1, 0.15) is 0 Å². The van der Waals surface area contributed by atoms with Gasteiger partial charge in [0.25, 0.3) is 15.7 Å². The molecule has 0 bridgehead atoms. The number of likely N-dealkylation sites (tertiary alicyclic amines) is 1. The molecular formula is C33H31N5O5S. The van der Waals surface area contributed by atoms with E-state index in [1.807, 2.05) is 42.5 Å². The highest BCUT2D eigenvalue weighted by atomic mass is 32.2. The number of piperidine rings is 1. The number of nitrogens with zero attached hydrogens (tertiary/aromatic N) is 3. The number of rotatable bonds is 9. The molecule has 1 aliphatic rings. The Balaban J connectivity index is 1.38. The number of fused-ring (bicyclic) bond motifs is 1. The molecular weight excluding hydrogens is 578 g/mol. The van der Waals surface area contributed by atoms with Crippen molar-refractivity contribution in [1.82, 2.24) is 9.88 Å². The summed E-state index contributed by atoms with van der Waals surface area (Å²) < 4.78 is 28.9. The minimum atomic E-state index is -4.30. The molecule has 5 aromatic rings. The van der Waals surface area contributed by atoms with Crippen LogP contribution in [-0.4, -0.2) is 47.1 Å². The number of aromatic nitrogens is 1. The SMILES string of the molecule is O=[N+]([O-])c1ccccc1S(=O)(=O)Nc1ccc2[nH]c(O)c(C(=Nc3ccc(CN4CCCCC4)cc3)c3ccccc3)c2c1. The fourth-order valence-electron chi connectivity index (χ4n) is 5.57. The first-order chi connectivity index (χ1) is 21.3. The third kappa shape index (κ3) is 6.19. The highest BCUT2D eigenvalue weighted by Crippen LogP contribution is 2.34. The van der Waals surface area contributed by atoms with Crippen LogP contribution in [0.2, 0.25) is 0 Å². The molecule has 0 radical (unpaired) electrons. The molecule has 0 aliphatic carbocycles. The van der Waals surface area contributed by atoms with Crippen LogP contribution < -0.4 is 4.72 Å². The second-order valence-electron chi connectivity index (χ2n) is 10.8. The van der Waals surface area contributed by atoms with E-state index in [0.29, 0.717) is 27.9 Å². The molecule has 224 valence electrons. The molecule has 11 heteroatoms. The highest BCUT2D eigenvalue weighted by molar-refractivity contribution is 7.92. The lowest BCUT2D eigenvalue weighted by Crippen LogP contribution is -2.28. The zero-order valence-corrected chi connectivity index (χ0v) is 24.6. The molecule has 1 aromatic heterocycles. The number of hydrogen-bond donors (Lipinski definition) is 3. The van der Waals surface area contributed by atoms with Crippen molar-refractivity contribution in [1.29, 1.82) is 0 Å². The Kier molecular flexibility index (Phi) is 8.14. The standard InChI is InChI=1S/C33H31N5O5S/c39-33-31(27-21-26(17-18-28(27)35-33)36-44(42,43)30-12-6-5-11-29(30)38(40)41)32(24-9-3-1-4-10-24)34-25-15-13-23(14-16-25)22-37-19-7-2-8-20-37/h1,3-6,9-18,21,35-36,39H,2,7-8,19-20,22H2. The van der Waals surface area contributed by atoms with Crippen molar-refractivity contribution in [3.05, 3.63) is 124 Å². The Morgan fingerprint density at radius 1 is 0.932 bits per heavy atom. The number of benzene rings is 4. The van der Waals surface area contributed by atoms with Gasteiger partial charge in [-0.2, -0.15) is 0 Å². The molecule has 1 fully saturated rings. The van der Waals surface area contributed by atoms with Crippen LogP contribution in [0.15, 0.2) is 107 Å². The molecule has 0 saturated carbocycles. The van der Waals surface area contributed by atoms with E-state index in [2.05, 4.69) is 26.7 Å². The van der Waals surface area contributed by atoms with Gasteiger partial charge in [-0.05, 0) is 67.9 Å². The summed E-state index contributed by atoms with van der Waals surface area (Å²) in [5.74, 6) is -0.122. The lowest BCUT2D eigenvalue weighted by atomic mass is 10.0. The third-order valence-electron chi connectivity index (χ3n) is 7.70. The Bertz CT molecular complexity index is 1950. The number of aliphatic imine (C=N–C) groups is 1. The van der Waals surface area contributed by atoms with Crippen LogP contribution in [0, 0.1) is 10.1 Å². The third-order valence-corrected chi connectivity index (χ3v) is 9.13. The highest BCUT2D eigenvalue weighted by Gasteiger charge is 2.26. The topological polar surface area (TPSA) is 141 Å². The minimum absolute atomic E-state index is 0.122. The molecule has 1 aliphatic heterocycles. The number of aromatic hydroxyl groups is 1. The molecule has 2 heterocycles. The van der Waals surface area contributed by atoms with Crippen LogP contribution in [0.1, 0.15) is 36.0 Å². The lowest BCUT2D eigenvalue weighted by molar-refractivity contribution is -0.387. The number of H-pyrrole nitrogens is 1. The zero-order valence-electron chi connectivity index (χ0n) is 23.8. The smallest absolute Gasteiger partial charge is 0.289 e. The summed E-state index contributed by atoms with van der Waals surface area (Å²) in [5.41, 5.74) is 3.77. The minimum Gasteiger partial charge on any atom is -0.494 e. The summed E-state index contributed by atoms with van der Waals surface area (Å²) in [4.78, 5) is 20.7. The average Bonchev–Trinajstić information content (AvgIpc) is 3.36. The van der Waals surface area contributed by atoms with Crippen molar-refractivity contribution in [2.75, 3.05) is 17.8 Å². The fraction of sp³-hybridized carbons (Fsp3) is 0.182. The quantitative estimate of drug-likeness (QED) is 0.0961. The van der Waals surface area contributed by atoms with Crippen molar-refractivity contribution in [3.8, 4) is 5.88 Å². The molecule has 3 N–H and O–H groups in total. The van der Waals surface area contributed by atoms with Gasteiger partial charge in [-0.15, -0.1) is 0 Å². The largest absolute Gasteiger partial charge is 0.494 e. The zero-order chi connectivity index (χ0) is 30.7. The Hall–Kier alpha value is -5.00.